The fraction of sp³-hybridized carbons (Fsp3) is 0.417. The van der Waals surface area contributed by atoms with Crippen molar-refractivity contribution in [2.45, 2.75) is 25.3 Å². The van der Waals surface area contributed by atoms with Crippen molar-refractivity contribution in [3.63, 3.8) is 0 Å². The van der Waals surface area contributed by atoms with Gasteiger partial charge in [-0.25, -0.2) is 4.39 Å². The second-order valence-electron chi connectivity index (χ2n) is 4.10. The molecule has 1 heterocycles. The van der Waals surface area contributed by atoms with Gasteiger partial charge in [-0.1, -0.05) is 12.1 Å². The van der Waals surface area contributed by atoms with Crippen LogP contribution in [0.5, 0.6) is 0 Å². The van der Waals surface area contributed by atoms with Gasteiger partial charge in [0.2, 0.25) is 5.91 Å². The predicted molar refractivity (Wildman–Crippen MR) is 59.3 cm³/mol. The van der Waals surface area contributed by atoms with Crippen LogP contribution in [-0.2, 0) is 11.3 Å². The summed E-state index contributed by atoms with van der Waals surface area (Å²) in [6.45, 7) is 0.962. The minimum atomic E-state index is -0.248. The molecule has 4 heteroatoms. The van der Waals surface area contributed by atoms with Crippen LogP contribution in [0.1, 0.15) is 29.9 Å². The lowest BCUT2D eigenvalue weighted by molar-refractivity contribution is -0.122. The van der Waals surface area contributed by atoms with Gasteiger partial charge in [-0.05, 0) is 29.5 Å². The monoisotopic (exact) mass is 222 g/mol. The Morgan fingerprint density at radius 2 is 2.31 bits per heavy atom. The van der Waals surface area contributed by atoms with Crippen molar-refractivity contribution in [1.29, 1.82) is 0 Å². The van der Waals surface area contributed by atoms with Gasteiger partial charge in [-0.2, -0.15) is 0 Å². The Bertz CT molecular complexity index is 406. The summed E-state index contributed by atoms with van der Waals surface area (Å²) in [5.74, 6) is -0.248. The standard InChI is InChI=1S/C12H15FN2O/c13-11-5-8(7-14)1-2-10(11)9-3-4-15-12(16)6-9/h1-2,5,9H,3-4,6-7,14H2,(H,15,16). The molecule has 3 N–H and O–H groups in total. The van der Waals surface area contributed by atoms with Crippen molar-refractivity contribution in [3.8, 4) is 0 Å². The average Bonchev–Trinajstić information content (AvgIpc) is 2.28. The molecule has 2 rings (SSSR count). The fourth-order valence-electron chi connectivity index (χ4n) is 2.08. The first-order valence-corrected chi connectivity index (χ1v) is 5.46. The lowest BCUT2D eigenvalue weighted by Gasteiger charge is -2.22. The van der Waals surface area contributed by atoms with E-state index < -0.39 is 0 Å². The van der Waals surface area contributed by atoms with E-state index in [-0.39, 0.29) is 17.6 Å². The van der Waals surface area contributed by atoms with E-state index in [0.29, 0.717) is 25.1 Å². The van der Waals surface area contributed by atoms with Crippen LogP contribution in [0.15, 0.2) is 18.2 Å². The van der Waals surface area contributed by atoms with Crippen LogP contribution >= 0.6 is 0 Å². The van der Waals surface area contributed by atoms with Gasteiger partial charge in [0.1, 0.15) is 5.82 Å². The fourth-order valence-corrected chi connectivity index (χ4v) is 2.08. The van der Waals surface area contributed by atoms with Gasteiger partial charge in [-0.3, -0.25) is 4.79 Å². The number of benzene rings is 1. The van der Waals surface area contributed by atoms with Crippen molar-refractivity contribution in [1.82, 2.24) is 5.32 Å². The van der Waals surface area contributed by atoms with Gasteiger partial charge >= 0.3 is 0 Å². The van der Waals surface area contributed by atoms with Gasteiger partial charge in [0.05, 0.1) is 0 Å². The smallest absolute Gasteiger partial charge is 0.220 e. The zero-order valence-electron chi connectivity index (χ0n) is 9.00. The second kappa shape index (κ2) is 4.61. The van der Waals surface area contributed by atoms with Gasteiger partial charge in [-0.15, -0.1) is 0 Å². The summed E-state index contributed by atoms with van der Waals surface area (Å²) in [6, 6.07) is 5.04. The molecule has 1 atom stereocenters. The summed E-state index contributed by atoms with van der Waals surface area (Å²) in [6.07, 6.45) is 1.17. The first-order chi connectivity index (χ1) is 7.70. The molecule has 0 spiro atoms. The van der Waals surface area contributed by atoms with Gasteiger partial charge < -0.3 is 11.1 Å². The van der Waals surface area contributed by atoms with Crippen LogP contribution in [-0.4, -0.2) is 12.5 Å². The molecule has 1 saturated heterocycles. The Kier molecular flexibility index (Phi) is 3.19. The zero-order valence-corrected chi connectivity index (χ0v) is 9.00. The Hall–Kier alpha value is -1.42. The third-order valence-corrected chi connectivity index (χ3v) is 2.99. The molecule has 0 aromatic heterocycles. The molecular weight excluding hydrogens is 207 g/mol. The highest BCUT2D eigenvalue weighted by Crippen LogP contribution is 2.28. The molecule has 86 valence electrons. The molecule has 16 heavy (non-hydrogen) atoms. The maximum atomic E-state index is 13.8. The van der Waals surface area contributed by atoms with Crippen molar-refractivity contribution in [3.05, 3.63) is 35.1 Å². The summed E-state index contributed by atoms with van der Waals surface area (Å²) in [5, 5.41) is 2.74. The van der Waals surface area contributed by atoms with Crippen molar-refractivity contribution in [2.75, 3.05) is 6.54 Å². The second-order valence-corrected chi connectivity index (χ2v) is 4.10. The first kappa shape index (κ1) is 11.1. The van der Waals surface area contributed by atoms with Crippen LogP contribution in [0.2, 0.25) is 0 Å². The summed E-state index contributed by atoms with van der Waals surface area (Å²) in [4.78, 5) is 11.2. The molecule has 0 bridgehead atoms. The normalized spacial score (nSPS) is 20.6. The average molecular weight is 222 g/mol. The largest absolute Gasteiger partial charge is 0.356 e. The number of nitrogens with two attached hydrogens (primary N) is 1. The number of piperidine rings is 1. The maximum absolute atomic E-state index is 13.8. The molecule has 3 nitrogen and oxygen atoms in total. The number of nitrogens with one attached hydrogen (secondary N) is 1. The topological polar surface area (TPSA) is 55.1 Å². The molecule has 0 radical (unpaired) electrons. The number of amides is 1. The molecule has 0 saturated carbocycles. The highest BCUT2D eigenvalue weighted by atomic mass is 19.1. The van der Waals surface area contributed by atoms with Crippen LogP contribution in [0.25, 0.3) is 0 Å². The summed E-state index contributed by atoms with van der Waals surface area (Å²) in [5.41, 5.74) is 6.85. The number of hydrogen-bond donors (Lipinski definition) is 2. The molecule has 1 fully saturated rings. The van der Waals surface area contributed by atoms with E-state index in [1.807, 2.05) is 6.07 Å². The van der Waals surface area contributed by atoms with E-state index in [1.54, 1.807) is 6.07 Å². The number of carbonyl (C=O) groups excluding carboxylic acids is 1. The Morgan fingerprint density at radius 3 is 2.94 bits per heavy atom. The quantitative estimate of drug-likeness (QED) is 0.792. The van der Waals surface area contributed by atoms with Gasteiger partial charge in [0.15, 0.2) is 0 Å². The third-order valence-electron chi connectivity index (χ3n) is 2.99. The summed E-state index contributed by atoms with van der Waals surface area (Å²) < 4.78 is 13.8. The van der Waals surface area contributed by atoms with Crippen LogP contribution in [0, 0.1) is 5.82 Å². The van der Waals surface area contributed by atoms with Crippen LogP contribution in [0.3, 0.4) is 0 Å². The van der Waals surface area contributed by atoms with E-state index in [9.17, 15) is 9.18 Å². The molecule has 1 aromatic rings. The van der Waals surface area contributed by atoms with E-state index in [2.05, 4.69) is 5.32 Å². The predicted octanol–water partition coefficient (Wildman–Crippen LogP) is 1.28. The van der Waals surface area contributed by atoms with Crippen molar-refractivity contribution in [2.24, 2.45) is 5.73 Å². The molecule has 1 amide bonds. The summed E-state index contributed by atoms with van der Waals surface area (Å²) in [7, 11) is 0. The molecule has 0 aliphatic carbocycles. The van der Waals surface area contributed by atoms with E-state index in [4.69, 9.17) is 5.73 Å². The molecule has 1 aliphatic rings. The minimum Gasteiger partial charge on any atom is -0.356 e. The Morgan fingerprint density at radius 1 is 1.50 bits per heavy atom. The SMILES string of the molecule is NCc1ccc(C2CCNC(=O)C2)c(F)c1. The van der Waals surface area contributed by atoms with Crippen LogP contribution < -0.4 is 11.1 Å². The van der Waals surface area contributed by atoms with E-state index >= 15 is 0 Å². The van der Waals surface area contributed by atoms with Crippen molar-refractivity contribution >= 4 is 5.91 Å². The maximum Gasteiger partial charge on any atom is 0.220 e. The Balaban J connectivity index is 2.22. The highest BCUT2D eigenvalue weighted by molar-refractivity contribution is 5.77. The molecular formula is C12H15FN2O. The van der Waals surface area contributed by atoms with Crippen molar-refractivity contribution < 1.29 is 9.18 Å². The molecule has 1 aromatic carbocycles. The Labute approximate surface area is 93.8 Å². The number of carbonyl (C=O) groups is 1. The first-order valence-electron chi connectivity index (χ1n) is 5.46. The number of rotatable bonds is 2. The van der Waals surface area contributed by atoms with E-state index in [0.717, 1.165) is 12.0 Å². The zero-order chi connectivity index (χ0) is 11.5. The molecule has 1 aliphatic heterocycles. The van der Waals surface area contributed by atoms with Gasteiger partial charge in [0.25, 0.3) is 0 Å². The number of hydrogen-bond acceptors (Lipinski definition) is 2. The highest BCUT2D eigenvalue weighted by Gasteiger charge is 2.22. The third kappa shape index (κ3) is 2.22. The molecule has 1 unspecified atom stereocenters. The lowest BCUT2D eigenvalue weighted by atomic mass is 9.89. The minimum absolute atomic E-state index is 0.000532. The van der Waals surface area contributed by atoms with Crippen LogP contribution in [0.4, 0.5) is 4.39 Å². The summed E-state index contributed by atoms with van der Waals surface area (Å²) >= 11 is 0. The van der Waals surface area contributed by atoms with E-state index in [1.165, 1.54) is 6.07 Å². The van der Waals surface area contributed by atoms with Gasteiger partial charge in [0, 0.05) is 19.5 Å². The lowest BCUT2D eigenvalue weighted by Crippen LogP contribution is -2.32. The number of halogens is 1.